The standard InChI is InChI=1S/C13H15ClN2O2/c14-11-3-1-2-4-12(11)16-13(17)15-9-10-5-7-18-8-6-10/h1-4,9H,5-8H2,(H2,15,16,17). The summed E-state index contributed by atoms with van der Waals surface area (Å²) in [5.41, 5.74) is 1.79. The Labute approximate surface area is 111 Å². The quantitative estimate of drug-likeness (QED) is 0.864. The summed E-state index contributed by atoms with van der Waals surface area (Å²) < 4.78 is 5.23. The van der Waals surface area contributed by atoms with Crippen molar-refractivity contribution in [1.29, 1.82) is 0 Å². The van der Waals surface area contributed by atoms with Crippen molar-refractivity contribution in [3.63, 3.8) is 0 Å². The van der Waals surface area contributed by atoms with Gasteiger partial charge in [-0.1, -0.05) is 23.7 Å². The monoisotopic (exact) mass is 266 g/mol. The van der Waals surface area contributed by atoms with Gasteiger partial charge in [0.05, 0.1) is 23.9 Å². The van der Waals surface area contributed by atoms with Gasteiger partial charge in [-0.15, -0.1) is 0 Å². The largest absolute Gasteiger partial charge is 0.381 e. The summed E-state index contributed by atoms with van der Waals surface area (Å²) in [6, 6.07) is 6.83. The van der Waals surface area contributed by atoms with E-state index in [0.717, 1.165) is 26.1 Å². The number of carbonyl (C=O) groups is 1. The first-order chi connectivity index (χ1) is 8.75. The third-order valence-corrected chi connectivity index (χ3v) is 2.99. The summed E-state index contributed by atoms with van der Waals surface area (Å²) >= 11 is 5.94. The fourth-order valence-corrected chi connectivity index (χ4v) is 1.85. The van der Waals surface area contributed by atoms with Crippen molar-refractivity contribution >= 4 is 23.3 Å². The summed E-state index contributed by atoms with van der Waals surface area (Å²) in [6.07, 6.45) is 3.48. The highest BCUT2D eigenvalue weighted by atomic mass is 35.5. The molecular formula is C13H15ClN2O2. The zero-order valence-corrected chi connectivity index (χ0v) is 10.7. The van der Waals surface area contributed by atoms with Gasteiger partial charge in [-0.05, 0) is 30.5 Å². The lowest BCUT2D eigenvalue weighted by Crippen LogP contribution is -2.25. The molecule has 1 saturated heterocycles. The van der Waals surface area contributed by atoms with Crippen LogP contribution in [-0.4, -0.2) is 19.2 Å². The molecule has 0 bridgehead atoms. The molecule has 1 fully saturated rings. The van der Waals surface area contributed by atoms with Crippen molar-refractivity contribution in [2.45, 2.75) is 12.8 Å². The third-order valence-electron chi connectivity index (χ3n) is 2.66. The summed E-state index contributed by atoms with van der Waals surface area (Å²) in [5.74, 6) is 0. The number of ether oxygens (including phenoxy) is 1. The van der Waals surface area contributed by atoms with Gasteiger partial charge in [-0.2, -0.15) is 0 Å². The van der Waals surface area contributed by atoms with Gasteiger partial charge in [-0.3, -0.25) is 0 Å². The number of amides is 2. The fraction of sp³-hybridized carbons (Fsp3) is 0.308. The van der Waals surface area contributed by atoms with Gasteiger partial charge in [0.2, 0.25) is 0 Å². The number of nitrogens with one attached hydrogen (secondary N) is 2. The summed E-state index contributed by atoms with van der Waals surface area (Å²) in [6.45, 7) is 1.44. The second-order valence-corrected chi connectivity index (χ2v) is 4.40. The predicted octanol–water partition coefficient (Wildman–Crippen LogP) is 3.16. The lowest BCUT2D eigenvalue weighted by atomic mass is 10.1. The van der Waals surface area contributed by atoms with E-state index in [-0.39, 0.29) is 6.03 Å². The average molecular weight is 267 g/mol. The lowest BCUT2D eigenvalue weighted by molar-refractivity contribution is 0.119. The molecule has 1 aromatic rings. The minimum atomic E-state index is -0.290. The van der Waals surface area contributed by atoms with Crippen LogP contribution in [0.25, 0.3) is 0 Å². The van der Waals surface area contributed by atoms with E-state index in [1.807, 2.05) is 12.1 Å². The Bertz CT molecular complexity index is 452. The first-order valence-electron chi connectivity index (χ1n) is 5.83. The Morgan fingerprint density at radius 1 is 1.28 bits per heavy atom. The average Bonchev–Trinajstić information content (AvgIpc) is 2.40. The maximum Gasteiger partial charge on any atom is 0.323 e. The van der Waals surface area contributed by atoms with E-state index >= 15 is 0 Å². The van der Waals surface area contributed by atoms with E-state index in [2.05, 4.69) is 10.6 Å². The zero-order chi connectivity index (χ0) is 12.8. The van der Waals surface area contributed by atoms with Gasteiger partial charge >= 0.3 is 6.03 Å². The molecule has 1 aliphatic heterocycles. The highest BCUT2D eigenvalue weighted by Gasteiger charge is 2.07. The molecule has 0 aliphatic carbocycles. The van der Waals surface area contributed by atoms with E-state index < -0.39 is 0 Å². The molecule has 2 rings (SSSR count). The second kappa shape index (κ2) is 6.42. The van der Waals surface area contributed by atoms with E-state index in [1.54, 1.807) is 18.3 Å². The minimum Gasteiger partial charge on any atom is -0.381 e. The van der Waals surface area contributed by atoms with E-state index in [1.165, 1.54) is 5.57 Å². The molecule has 0 aromatic heterocycles. The predicted molar refractivity (Wildman–Crippen MR) is 71.7 cm³/mol. The number of carbonyl (C=O) groups excluding carboxylic acids is 1. The molecule has 4 nitrogen and oxygen atoms in total. The van der Waals surface area contributed by atoms with Crippen LogP contribution in [0, 0.1) is 0 Å². The Kier molecular flexibility index (Phi) is 4.61. The van der Waals surface area contributed by atoms with Crippen LogP contribution in [-0.2, 0) is 4.74 Å². The smallest absolute Gasteiger partial charge is 0.323 e. The van der Waals surface area contributed by atoms with Crippen LogP contribution < -0.4 is 10.6 Å². The van der Waals surface area contributed by atoms with Gasteiger partial charge in [0.25, 0.3) is 0 Å². The highest BCUT2D eigenvalue weighted by Crippen LogP contribution is 2.20. The Hall–Kier alpha value is -1.52. The van der Waals surface area contributed by atoms with E-state index in [0.29, 0.717) is 10.7 Å². The van der Waals surface area contributed by atoms with Crippen LogP contribution in [0.4, 0.5) is 10.5 Å². The van der Waals surface area contributed by atoms with Crippen LogP contribution in [0.1, 0.15) is 12.8 Å². The molecule has 0 atom stereocenters. The first-order valence-corrected chi connectivity index (χ1v) is 6.21. The van der Waals surface area contributed by atoms with Crippen LogP contribution in [0.5, 0.6) is 0 Å². The van der Waals surface area contributed by atoms with Crippen LogP contribution in [0.2, 0.25) is 5.02 Å². The van der Waals surface area contributed by atoms with Crippen molar-refractivity contribution in [1.82, 2.24) is 5.32 Å². The molecule has 0 saturated carbocycles. The molecule has 0 unspecified atom stereocenters. The maximum absolute atomic E-state index is 11.7. The number of rotatable bonds is 2. The SMILES string of the molecule is O=C(NC=C1CCOCC1)Nc1ccccc1Cl. The fourth-order valence-electron chi connectivity index (χ4n) is 1.67. The van der Waals surface area contributed by atoms with Crippen molar-refractivity contribution in [2.75, 3.05) is 18.5 Å². The molecular weight excluding hydrogens is 252 g/mol. The number of para-hydroxylation sites is 1. The van der Waals surface area contributed by atoms with Crippen molar-refractivity contribution in [3.8, 4) is 0 Å². The van der Waals surface area contributed by atoms with E-state index in [4.69, 9.17) is 16.3 Å². The number of halogens is 1. The number of hydrogen-bond acceptors (Lipinski definition) is 2. The molecule has 0 radical (unpaired) electrons. The normalized spacial score (nSPS) is 15.1. The van der Waals surface area contributed by atoms with Gasteiger partial charge in [0.1, 0.15) is 0 Å². The summed E-state index contributed by atoms with van der Waals surface area (Å²) in [7, 11) is 0. The zero-order valence-electron chi connectivity index (χ0n) is 9.91. The van der Waals surface area contributed by atoms with Crippen molar-refractivity contribution in [3.05, 3.63) is 41.1 Å². The van der Waals surface area contributed by atoms with Gasteiger partial charge < -0.3 is 15.4 Å². The number of urea groups is 1. The number of benzene rings is 1. The Morgan fingerprint density at radius 3 is 2.72 bits per heavy atom. The topological polar surface area (TPSA) is 50.4 Å². The molecule has 18 heavy (non-hydrogen) atoms. The molecule has 1 heterocycles. The minimum absolute atomic E-state index is 0.290. The van der Waals surface area contributed by atoms with Crippen LogP contribution in [0.3, 0.4) is 0 Å². The number of hydrogen-bond donors (Lipinski definition) is 2. The Morgan fingerprint density at radius 2 is 2.00 bits per heavy atom. The first kappa shape index (κ1) is 12.9. The Balaban J connectivity index is 1.87. The summed E-state index contributed by atoms with van der Waals surface area (Å²) in [4.78, 5) is 11.7. The number of anilines is 1. The maximum atomic E-state index is 11.7. The van der Waals surface area contributed by atoms with Gasteiger partial charge in [-0.25, -0.2) is 4.79 Å². The molecule has 96 valence electrons. The molecule has 5 heteroatoms. The van der Waals surface area contributed by atoms with E-state index in [9.17, 15) is 4.79 Å². The van der Waals surface area contributed by atoms with Gasteiger partial charge in [0, 0.05) is 6.20 Å². The van der Waals surface area contributed by atoms with Crippen molar-refractivity contribution in [2.24, 2.45) is 0 Å². The van der Waals surface area contributed by atoms with Gasteiger partial charge in [0.15, 0.2) is 0 Å². The second-order valence-electron chi connectivity index (χ2n) is 3.99. The third kappa shape index (κ3) is 3.75. The van der Waals surface area contributed by atoms with Crippen LogP contribution in [0.15, 0.2) is 36.0 Å². The highest BCUT2D eigenvalue weighted by molar-refractivity contribution is 6.33. The molecule has 2 N–H and O–H groups in total. The van der Waals surface area contributed by atoms with Crippen molar-refractivity contribution < 1.29 is 9.53 Å². The molecule has 2 amide bonds. The molecule has 1 aromatic carbocycles. The molecule has 1 aliphatic rings. The summed E-state index contributed by atoms with van der Waals surface area (Å²) in [5, 5.41) is 5.91. The van der Waals surface area contributed by atoms with Crippen LogP contribution >= 0.6 is 11.6 Å². The molecule has 0 spiro atoms. The lowest BCUT2D eigenvalue weighted by Gasteiger charge is -2.14.